The second-order valence-electron chi connectivity index (χ2n) is 3.99. The van der Waals surface area contributed by atoms with Gasteiger partial charge in [-0.15, -0.1) is 0 Å². The van der Waals surface area contributed by atoms with Crippen molar-refractivity contribution in [2.24, 2.45) is 0 Å². The Kier molecular flexibility index (Phi) is 3.85. The van der Waals surface area contributed by atoms with Gasteiger partial charge in [0.05, 0.1) is 0 Å². The summed E-state index contributed by atoms with van der Waals surface area (Å²) in [6.45, 7) is 0. The molecule has 0 fully saturated rings. The van der Waals surface area contributed by atoms with E-state index in [-0.39, 0.29) is 17.6 Å². The summed E-state index contributed by atoms with van der Waals surface area (Å²) < 4.78 is 0.892. The molecule has 20 heavy (non-hydrogen) atoms. The molecule has 0 heterocycles. The Balaban J connectivity index is 2.90. The number of nitriles is 4. The van der Waals surface area contributed by atoms with Gasteiger partial charge in [-0.3, -0.25) is 0 Å². The fourth-order valence-corrected chi connectivity index (χ4v) is 3.02. The summed E-state index contributed by atoms with van der Waals surface area (Å²) in [6, 6.07) is 13.0. The molecule has 1 aliphatic carbocycles. The van der Waals surface area contributed by atoms with Crippen LogP contribution in [0.1, 0.15) is 17.5 Å². The van der Waals surface area contributed by atoms with Crippen molar-refractivity contribution in [2.75, 3.05) is 0 Å². The zero-order chi connectivity index (χ0) is 14.7. The molecule has 4 nitrogen and oxygen atoms in total. The van der Waals surface area contributed by atoms with Gasteiger partial charge in [-0.2, -0.15) is 21.0 Å². The third-order valence-corrected chi connectivity index (χ3v) is 3.94. The van der Waals surface area contributed by atoms with Gasteiger partial charge >= 0.3 is 0 Å². The molecule has 5 heteroatoms. The van der Waals surface area contributed by atoms with Gasteiger partial charge < -0.3 is 0 Å². The fourth-order valence-electron chi connectivity index (χ4n) is 2.20. The molecule has 2 rings (SSSR count). The average molecular weight is 368 g/mol. The van der Waals surface area contributed by atoms with Gasteiger partial charge in [0.2, 0.25) is 0 Å². The number of rotatable bonds is 0. The Labute approximate surface area is 129 Å². The van der Waals surface area contributed by atoms with Gasteiger partial charge in [-0.1, -0.05) is 12.1 Å². The van der Waals surface area contributed by atoms with Crippen LogP contribution in [0.15, 0.2) is 29.3 Å². The lowest BCUT2D eigenvalue weighted by atomic mass is 10.0. The minimum Gasteiger partial charge on any atom is -0.192 e. The Bertz CT molecular complexity index is 801. The van der Waals surface area contributed by atoms with E-state index in [4.69, 9.17) is 21.0 Å². The first-order valence-corrected chi connectivity index (χ1v) is 6.61. The molecule has 0 bridgehead atoms. The van der Waals surface area contributed by atoms with E-state index in [1.807, 2.05) is 36.4 Å². The van der Waals surface area contributed by atoms with E-state index in [1.165, 1.54) is 0 Å². The molecular weight excluding hydrogens is 363 g/mol. The summed E-state index contributed by atoms with van der Waals surface area (Å²) in [4.78, 5) is 0. The molecule has 0 amide bonds. The predicted molar refractivity (Wildman–Crippen MR) is 80.1 cm³/mol. The van der Waals surface area contributed by atoms with Crippen molar-refractivity contribution in [1.82, 2.24) is 0 Å². The quantitative estimate of drug-likeness (QED) is 0.519. The number of allylic oxidation sites excluding steroid dienone is 4. The summed E-state index contributed by atoms with van der Waals surface area (Å²) in [5.74, 6) is 0. The van der Waals surface area contributed by atoms with Crippen molar-refractivity contribution >= 4 is 33.7 Å². The highest BCUT2D eigenvalue weighted by Crippen LogP contribution is 2.45. The largest absolute Gasteiger partial charge is 0.192 e. The van der Waals surface area contributed by atoms with E-state index < -0.39 is 0 Å². The minimum atomic E-state index is 0.0264. The maximum Gasteiger partial charge on any atom is 0.133 e. The van der Waals surface area contributed by atoms with Crippen LogP contribution in [0.25, 0.3) is 11.1 Å². The van der Waals surface area contributed by atoms with Gasteiger partial charge in [0.25, 0.3) is 0 Å². The molecule has 0 saturated carbocycles. The van der Waals surface area contributed by atoms with E-state index in [0.717, 1.165) is 14.7 Å². The number of nitrogens with zero attached hydrogens (tertiary/aromatic N) is 4. The standard InChI is InChI=1S/C15H5IN4/c16-14-3-1-2-11-12(9(5-17)6-18)4-13(15(11)14)10(7-19)8-20/h1-3H,4H2. The second-order valence-corrected chi connectivity index (χ2v) is 5.16. The first kappa shape index (κ1) is 13.8. The molecule has 92 valence electrons. The Morgan fingerprint density at radius 2 is 1.45 bits per heavy atom. The smallest absolute Gasteiger partial charge is 0.133 e. The summed E-state index contributed by atoms with van der Waals surface area (Å²) in [5.41, 5.74) is 2.77. The van der Waals surface area contributed by atoms with Crippen LogP contribution in [-0.4, -0.2) is 0 Å². The van der Waals surface area contributed by atoms with Gasteiger partial charge in [0, 0.05) is 15.6 Å². The van der Waals surface area contributed by atoms with Crippen molar-refractivity contribution in [2.45, 2.75) is 6.42 Å². The SMILES string of the molecule is N#CC(C#N)=C1CC(=C(C#N)C#N)c2c(I)cccc21. The number of benzene rings is 1. The van der Waals surface area contributed by atoms with Gasteiger partial charge in [-0.05, 0) is 45.4 Å². The molecular formula is C15H5IN4. The monoisotopic (exact) mass is 368 g/mol. The van der Waals surface area contributed by atoms with E-state index in [2.05, 4.69) is 22.6 Å². The molecule has 1 aromatic carbocycles. The number of hydrogen-bond acceptors (Lipinski definition) is 4. The van der Waals surface area contributed by atoms with Gasteiger partial charge in [0.1, 0.15) is 35.4 Å². The summed E-state index contributed by atoms with van der Waals surface area (Å²) in [5, 5.41) is 36.2. The number of hydrogen-bond donors (Lipinski definition) is 0. The van der Waals surface area contributed by atoms with Crippen LogP contribution in [0, 0.1) is 48.9 Å². The molecule has 1 aliphatic rings. The predicted octanol–water partition coefficient (Wildman–Crippen LogP) is 3.30. The maximum absolute atomic E-state index is 9.06. The molecule has 0 aromatic heterocycles. The van der Waals surface area contributed by atoms with Crippen LogP contribution in [0.3, 0.4) is 0 Å². The molecule has 0 unspecified atom stereocenters. The Morgan fingerprint density at radius 3 is 2.00 bits per heavy atom. The summed E-state index contributed by atoms with van der Waals surface area (Å²) in [6.07, 6.45) is 0.266. The Hall–Kier alpha value is -2.61. The maximum atomic E-state index is 9.06. The minimum absolute atomic E-state index is 0.0264. The molecule has 0 N–H and O–H groups in total. The van der Waals surface area contributed by atoms with Crippen molar-refractivity contribution in [3.8, 4) is 24.3 Å². The number of halogens is 1. The van der Waals surface area contributed by atoms with Crippen molar-refractivity contribution in [3.63, 3.8) is 0 Å². The van der Waals surface area contributed by atoms with Gasteiger partial charge in [0.15, 0.2) is 0 Å². The van der Waals surface area contributed by atoms with Crippen LogP contribution in [0.2, 0.25) is 0 Å². The fraction of sp³-hybridized carbons (Fsp3) is 0.0667. The highest BCUT2D eigenvalue weighted by atomic mass is 127. The van der Waals surface area contributed by atoms with Crippen molar-refractivity contribution in [1.29, 1.82) is 21.0 Å². The molecule has 0 atom stereocenters. The van der Waals surface area contributed by atoms with E-state index in [9.17, 15) is 0 Å². The average Bonchev–Trinajstić information content (AvgIpc) is 2.83. The molecule has 0 spiro atoms. The zero-order valence-electron chi connectivity index (χ0n) is 10.1. The first-order chi connectivity index (χ1) is 9.67. The van der Waals surface area contributed by atoms with Crippen LogP contribution in [0.5, 0.6) is 0 Å². The van der Waals surface area contributed by atoms with Crippen LogP contribution < -0.4 is 0 Å². The topological polar surface area (TPSA) is 95.2 Å². The lowest BCUT2D eigenvalue weighted by Crippen LogP contribution is -1.88. The highest BCUT2D eigenvalue weighted by Gasteiger charge is 2.28. The lowest BCUT2D eigenvalue weighted by molar-refractivity contribution is 1.40. The summed E-state index contributed by atoms with van der Waals surface area (Å²) >= 11 is 2.12. The van der Waals surface area contributed by atoms with Crippen molar-refractivity contribution < 1.29 is 0 Å². The lowest BCUT2D eigenvalue weighted by Gasteiger charge is -2.03. The number of fused-ring (bicyclic) bond motifs is 1. The molecule has 0 saturated heterocycles. The van der Waals surface area contributed by atoms with E-state index >= 15 is 0 Å². The third kappa shape index (κ3) is 2.05. The molecule has 1 aromatic rings. The van der Waals surface area contributed by atoms with E-state index in [1.54, 1.807) is 6.07 Å². The van der Waals surface area contributed by atoms with Crippen LogP contribution in [-0.2, 0) is 0 Å². The Morgan fingerprint density at radius 1 is 0.900 bits per heavy atom. The normalized spacial score (nSPS) is 11.7. The molecule has 0 aliphatic heterocycles. The summed E-state index contributed by atoms with van der Waals surface area (Å²) in [7, 11) is 0. The third-order valence-electron chi connectivity index (χ3n) is 3.04. The first-order valence-electron chi connectivity index (χ1n) is 5.53. The second kappa shape index (κ2) is 5.57. The molecule has 0 radical (unpaired) electrons. The van der Waals surface area contributed by atoms with Crippen molar-refractivity contribution in [3.05, 3.63) is 44.0 Å². The van der Waals surface area contributed by atoms with Crippen LogP contribution in [0.4, 0.5) is 0 Å². The van der Waals surface area contributed by atoms with Crippen LogP contribution >= 0.6 is 22.6 Å². The van der Waals surface area contributed by atoms with Gasteiger partial charge in [-0.25, -0.2) is 0 Å². The highest BCUT2D eigenvalue weighted by molar-refractivity contribution is 14.1. The van der Waals surface area contributed by atoms with E-state index in [0.29, 0.717) is 11.1 Å². The zero-order valence-corrected chi connectivity index (χ0v) is 12.3.